The Morgan fingerprint density at radius 3 is 2.50 bits per heavy atom. The van der Waals surface area contributed by atoms with Gasteiger partial charge in [-0.2, -0.15) is 0 Å². The number of hydrogen-bond donors (Lipinski definition) is 0. The van der Waals surface area contributed by atoms with E-state index in [0.29, 0.717) is 5.56 Å². The highest BCUT2D eigenvalue weighted by Gasteiger charge is 2.39. The van der Waals surface area contributed by atoms with Crippen molar-refractivity contribution in [1.82, 2.24) is 4.90 Å². The Balaban J connectivity index is 2.04. The Labute approximate surface area is 172 Å². The van der Waals surface area contributed by atoms with E-state index in [4.69, 9.17) is 14.3 Å². The van der Waals surface area contributed by atoms with Gasteiger partial charge < -0.3 is 14.3 Å². The van der Waals surface area contributed by atoms with Crippen molar-refractivity contribution in [2.75, 3.05) is 26.0 Å². The van der Waals surface area contributed by atoms with Crippen LogP contribution in [-0.4, -0.2) is 67.4 Å². The van der Waals surface area contributed by atoms with Crippen LogP contribution in [0.1, 0.15) is 18.9 Å². The number of nitro groups is 1. The molecular weight excluding hydrogens is 422 g/mol. The summed E-state index contributed by atoms with van der Waals surface area (Å²) in [5, 5.41) is 13.5. The number of nitro benzene ring substituents is 1. The van der Waals surface area contributed by atoms with Crippen LogP contribution in [0.25, 0.3) is 0 Å². The molecular formula is C17H21N3O9S. The number of benzene rings is 1. The third-order valence-electron chi connectivity index (χ3n) is 4.10. The number of carbonyl (C=O) groups is 2. The molecule has 1 aliphatic rings. The van der Waals surface area contributed by atoms with Crippen LogP contribution in [0.15, 0.2) is 29.4 Å². The smallest absolute Gasteiger partial charge is 0.415 e. The second-order valence-corrected chi connectivity index (χ2v) is 8.66. The molecule has 0 N–H and O–H groups in total. The van der Waals surface area contributed by atoms with Gasteiger partial charge in [0.25, 0.3) is 5.69 Å². The number of likely N-dealkylation sites (tertiary alicyclic amines) is 1. The zero-order valence-corrected chi connectivity index (χ0v) is 17.2. The lowest BCUT2D eigenvalue weighted by Gasteiger charge is -2.16. The number of non-ortho nitro benzene ring substituents is 1. The quantitative estimate of drug-likeness (QED) is 0.328. The van der Waals surface area contributed by atoms with E-state index in [1.807, 2.05) is 0 Å². The van der Waals surface area contributed by atoms with Gasteiger partial charge in [-0.25, -0.2) is 18.0 Å². The Hall–Kier alpha value is -3.22. The maximum Gasteiger partial charge on any atom is 0.415 e. The van der Waals surface area contributed by atoms with E-state index >= 15 is 0 Å². The first-order chi connectivity index (χ1) is 14.1. The van der Waals surface area contributed by atoms with Crippen LogP contribution in [0.2, 0.25) is 0 Å². The van der Waals surface area contributed by atoms with Crippen molar-refractivity contribution < 1.29 is 37.2 Å². The zero-order valence-electron chi connectivity index (χ0n) is 16.3. The van der Waals surface area contributed by atoms with E-state index in [1.54, 1.807) is 6.92 Å². The van der Waals surface area contributed by atoms with Crippen LogP contribution in [0.3, 0.4) is 0 Å². The molecule has 1 fully saturated rings. The summed E-state index contributed by atoms with van der Waals surface area (Å²) in [6.07, 6.45) is 0.0902. The molecule has 0 unspecified atom stereocenters. The van der Waals surface area contributed by atoms with Crippen LogP contribution >= 0.6 is 0 Å². The van der Waals surface area contributed by atoms with Crippen molar-refractivity contribution >= 4 is 33.4 Å². The summed E-state index contributed by atoms with van der Waals surface area (Å²) in [5.74, 6) is -0.657. The number of sulfone groups is 1. The van der Waals surface area contributed by atoms with Gasteiger partial charge in [0.1, 0.15) is 6.61 Å². The fourth-order valence-corrected chi connectivity index (χ4v) is 3.41. The summed E-state index contributed by atoms with van der Waals surface area (Å²) < 4.78 is 33.6. The average molecular weight is 443 g/mol. The molecule has 0 bridgehead atoms. The van der Waals surface area contributed by atoms with Crippen molar-refractivity contribution in [2.45, 2.75) is 25.2 Å². The van der Waals surface area contributed by atoms with Gasteiger partial charge in [-0.1, -0.05) is 5.16 Å². The molecule has 1 atom stereocenters. The molecule has 1 aromatic carbocycles. The number of hydrogen-bond acceptors (Lipinski definition) is 10. The van der Waals surface area contributed by atoms with Crippen molar-refractivity contribution in [3.63, 3.8) is 0 Å². The van der Waals surface area contributed by atoms with Crippen molar-refractivity contribution in [3.05, 3.63) is 39.9 Å². The van der Waals surface area contributed by atoms with E-state index in [2.05, 4.69) is 5.16 Å². The molecule has 164 valence electrons. The number of esters is 1. The minimum absolute atomic E-state index is 0.00317. The molecule has 1 aromatic rings. The molecule has 0 saturated carbocycles. The Morgan fingerprint density at radius 2 is 1.93 bits per heavy atom. The van der Waals surface area contributed by atoms with Gasteiger partial charge in [0.2, 0.25) is 6.61 Å². The van der Waals surface area contributed by atoms with Gasteiger partial charge >= 0.3 is 12.1 Å². The van der Waals surface area contributed by atoms with E-state index in [-0.39, 0.29) is 37.7 Å². The lowest BCUT2D eigenvalue weighted by atomic mass is 10.2. The molecule has 0 radical (unpaired) electrons. The topological polar surface area (TPSA) is 155 Å². The molecule has 30 heavy (non-hydrogen) atoms. The number of rotatable bonds is 8. The minimum atomic E-state index is -3.47. The summed E-state index contributed by atoms with van der Waals surface area (Å²) in [6, 6.07) is 5.42. The zero-order chi connectivity index (χ0) is 22.3. The van der Waals surface area contributed by atoms with Crippen LogP contribution in [-0.2, 0) is 35.5 Å². The Morgan fingerprint density at radius 1 is 1.27 bits per heavy atom. The normalized spacial score (nSPS) is 17.6. The molecule has 1 heterocycles. The van der Waals surface area contributed by atoms with Crippen molar-refractivity contribution in [1.29, 1.82) is 0 Å². The first-order valence-electron chi connectivity index (χ1n) is 8.82. The number of amidine groups is 1. The van der Waals surface area contributed by atoms with E-state index in [0.717, 1.165) is 11.2 Å². The van der Waals surface area contributed by atoms with Gasteiger partial charge in [-0.15, -0.1) is 0 Å². The molecule has 12 nitrogen and oxygen atoms in total. The first-order valence-corrected chi connectivity index (χ1v) is 10.8. The number of oxime groups is 1. The predicted octanol–water partition coefficient (Wildman–Crippen LogP) is 1.24. The number of nitrogens with zero attached hydrogens (tertiary/aromatic N) is 3. The van der Waals surface area contributed by atoms with Gasteiger partial charge in [0, 0.05) is 31.4 Å². The second-order valence-electron chi connectivity index (χ2n) is 6.33. The Kier molecular flexibility index (Phi) is 7.69. The summed E-state index contributed by atoms with van der Waals surface area (Å²) in [4.78, 5) is 39.8. The van der Waals surface area contributed by atoms with Gasteiger partial charge in [0.15, 0.2) is 15.7 Å². The molecule has 1 aliphatic heterocycles. The highest BCUT2D eigenvalue weighted by molar-refractivity contribution is 7.91. The first kappa shape index (κ1) is 23.1. The lowest BCUT2D eigenvalue weighted by Crippen LogP contribution is -2.34. The van der Waals surface area contributed by atoms with Crippen LogP contribution in [0.4, 0.5) is 10.5 Å². The largest absolute Gasteiger partial charge is 0.463 e. The van der Waals surface area contributed by atoms with Crippen LogP contribution in [0, 0.1) is 10.1 Å². The standard InChI is InChI=1S/C17H21N3O9S/c1-3-27-16(21)11-29-18-15-8-14(30(2,25)26)9-19(15)17(22)28-10-12-4-6-13(7-5-12)20(23)24/h4-7,14H,3,8-11H2,1-2H3/b18-15+/t14-/m1/s1. The highest BCUT2D eigenvalue weighted by atomic mass is 32.2. The average Bonchev–Trinajstić information content (AvgIpc) is 3.11. The van der Waals surface area contributed by atoms with Crippen molar-refractivity contribution in [2.24, 2.45) is 5.16 Å². The fourth-order valence-electron chi connectivity index (χ4n) is 2.54. The monoisotopic (exact) mass is 443 g/mol. The molecule has 0 spiro atoms. The van der Waals surface area contributed by atoms with Gasteiger partial charge in [0.05, 0.1) is 16.8 Å². The van der Waals surface area contributed by atoms with Crippen LogP contribution < -0.4 is 0 Å². The molecule has 2 rings (SSSR count). The van der Waals surface area contributed by atoms with E-state index < -0.39 is 38.7 Å². The number of ether oxygens (including phenoxy) is 2. The van der Waals surface area contributed by atoms with Crippen molar-refractivity contribution in [3.8, 4) is 0 Å². The second kappa shape index (κ2) is 10.0. The third kappa shape index (κ3) is 6.40. The van der Waals surface area contributed by atoms with Gasteiger partial charge in [-0.05, 0) is 24.6 Å². The molecule has 0 aromatic heterocycles. The maximum absolute atomic E-state index is 12.4. The highest BCUT2D eigenvalue weighted by Crippen LogP contribution is 2.21. The van der Waals surface area contributed by atoms with E-state index in [9.17, 15) is 28.1 Å². The number of carbonyl (C=O) groups excluding carboxylic acids is 2. The van der Waals surface area contributed by atoms with Crippen LogP contribution in [0.5, 0.6) is 0 Å². The summed E-state index contributed by atoms with van der Waals surface area (Å²) in [7, 11) is -3.47. The fraction of sp³-hybridized carbons (Fsp3) is 0.471. The SMILES string of the molecule is CCOC(=O)CO/N=C1\C[C@@H](S(C)(=O)=O)CN1C(=O)OCc1ccc([N+](=O)[O-])cc1. The number of amides is 1. The molecule has 13 heteroatoms. The summed E-state index contributed by atoms with van der Waals surface area (Å²) >= 11 is 0. The minimum Gasteiger partial charge on any atom is -0.463 e. The predicted molar refractivity (Wildman–Crippen MR) is 103 cm³/mol. The molecule has 1 saturated heterocycles. The lowest BCUT2D eigenvalue weighted by molar-refractivity contribution is -0.384. The Bertz CT molecular complexity index is 928. The van der Waals surface area contributed by atoms with E-state index in [1.165, 1.54) is 24.3 Å². The summed E-state index contributed by atoms with van der Waals surface area (Å²) in [5.41, 5.74) is 0.402. The summed E-state index contributed by atoms with van der Waals surface area (Å²) in [6.45, 7) is 0.927. The maximum atomic E-state index is 12.4. The van der Waals surface area contributed by atoms with Gasteiger partial charge in [-0.3, -0.25) is 15.0 Å². The molecule has 1 amide bonds. The molecule has 0 aliphatic carbocycles. The third-order valence-corrected chi connectivity index (χ3v) is 5.63.